The number of benzene rings is 1. The molecular formula is C12H15NOS. The molecule has 3 N–H and O–H groups in total. The summed E-state index contributed by atoms with van der Waals surface area (Å²) in [6.07, 6.45) is 4.14. The van der Waals surface area contributed by atoms with Crippen molar-refractivity contribution in [3.05, 3.63) is 52.3 Å². The second kappa shape index (κ2) is 4.66. The van der Waals surface area contributed by atoms with Crippen molar-refractivity contribution in [1.82, 2.24) is 0 Å². The molecule has 1 aliphatic rings. The van der Waals surface area contributed by atoms with Crippen molar-refractivity contribution in [1.29, 1.82) is 0 Å². The third-order valence-electron chi connectivity index (χ3n) is 2.46. The lowest BCUT2D eigenvalue weighted by atomic mass is 10.2. The summed E-state index contributed by atoms with van der Waals surface area (Å²) < 4.78 is 0. The number of rotatable bonds is 3. The Labute approximate surface area is 92.5 Å². The van der Waals surface area contributed by atoms with Crippen molar-refractivity contribution < 1.29 is 5.11 Å². The fourth-order valence-corrected chi connectivity index (χ4v) is 3.76. The van der Waals surface area contributed by atoms with Crippen molar-refractivity contribution in [3.63, 3.8) is 0 Å². The normalized spacial score (nSPS) is 21.7. The summed E-state index contributed by atoms with van der Waals surface area (Å²) in [6.45, 7) is 0.694. The SMILES string of the molecule is NCC1=CC=C[SH]1c1ccccc1CO. The summed E-state index contributed by atoms with van der Waals surface area (Å²) in [5.41, 5.74) is 6.71. The van der Waals surface area contributed by atoms with Crippen LogP contribution in [0.1, 0.15) is 5.56 Å². The molecule has 1 heterocycles. The van der Waals surface area contributed by atoms with Crippen LogP contribution < -0.4 is 5.73 Å². The van der Waals surface area contributed by atoms with Gasteiger partial charge in [-0.05, 0) is 21.9 Å². The highest BCUT2D eigenvalue weighted by atomic mass is 32.2. The van der Waals surface area contributed by atoms with Crippen LogP contribution >= 0.6 is 10.9 Å². The Bertz CT molecular complexity index is 412. The van der Waals surface area contributed by atoms with Crippen LogP contribution in [-0.4, -0.2) is 11.7 Å². The van der Waals surface area contributed by atoms with E-state index in [0.717, 1.165) is 5.56 Å². The standard InChI is InChI=1S/C12H15NOS/c13-8-11-5-3-7-15(11)12-6-2-1-4-10(12)9-14/h1-7,14-15H,8-9,13H2. The van der Waals surface area contributed by atoms with E-state index in [9.17, 15) is 5.11 Å². The molecule has 0 spiro atoms. The van der Waals surface area contributed by atoms with Crippen LogP contribution in [0.25, 0.3) is 0 Å². The van der Waals surface area contributed by atoms with E-state index in [0.29, 0.717) is 6.54 Å². The molecule has 1 aliphatic heterocycles. The van der Waals surface area contributed by atoms with Gasteiger partial charge < -0.3 is 10.8 Å². The fourth-order valence-electron chi connectivity index (χ4n) is 1.70. The van der Waals surface area contributed by atoms with Crippen molar-refractivity contribution in [2.75, 3.05) is 6.54 Å². The minimum absolute atomic E-state index is 0.0979. The van der Waals surface area contributed by atoms with E-state index in [2.05, 4.69) is 23.6 Å². The first-order valence-electron chi connectivity index (χ1n) is 4.92. The molecular weight excluding hydrogens is 206 g/mol. The lowest BCUT2D eigenvalue weighted by Crippen LogP contribution is -2.02. The minimum atomic E-state index is -0.435. The predicted octanol–water partition coefficient (Wildman–Crippen LogP) is 1.91. The van der Waals surface area contributed by atoms with Crippen LogP contribution in [0.4, 0.5) is 0 Å². The van der Waals surface area contributed by atoms with Crippen LogP contribution in [0.3, 0.4) is 0 Å². The molecule has 0 radical (unpaired) electrons. The van der Waals surface area contributed by atoms with Gasteiger partial charge in [0, 0.05) is 11.4 Å². The molecule has 0 aromatic heterocycles. The van der Waals surface area contributed by atoms with Gasteiger partial charge in [0.15, 0.2) is 0 Å². The maximum Gasteiger partial charge on any atom is 0.0692 e. The highest BCUT2D eigenvalue weighted by Gasteiger charge is 2.14. The molecule has 0 saturated heterocycles. The highest BCUT2D eigenvalue weighted by Crippen LogP contribution is 2.49. The number of hydrogen-bond acceptors (Lipinski definition) is 2. The van der Waals surface area contributed by atoms with E-state index in [-0.39, 0.29) is 6.61 Å². The number of thiol groups is 1. The van der Waals surface area contributed by atoms with Crippen LogP contribution in [-0.2, 0) is 6.61 Å². The lowest BCUT2D eigenvalue weighted by Gasteiger charge is -2.20. The first-order valence-corrected chi connectivity index (χ1v) is 6.33. The van der Waals surface area contributed by atoms with Gasteiger partial charge in [-0.3, -0.25) is 0 Å². The summed E-state index contributed by atoms with van der Waals surface area (Å²) in [5.74, 6) is 0. The Hall–Kier alpha value is -1.03. The van der Waals surface area contributed by atoms with Crippen molar-refractivity contribution >= 4 is 10.9 Å². The molecule has 3 heteroatoms. The Morgan fingerprint density at radius 1 is 1.27 bits per heavy atom. The molecule has 1 atom stereocenters. The van der Waals surface area contributed by atoms with Crippen molar-refractivity contribution in [2.45, 2.75) is 11.5 Å². The third kappa shape index (κ3) is 2.00. The summed E-state index contributed by atoms with van der Waals surface area (Å²) >= 11 is 0. The van der Waals surface area contributed by atoms with Gasteiger partial charge in [-0.1, -0.05) is 30.4 Å². The molecule has 0 aliphatic carbocycles. The lowest BCUT2D eigenvalue weighted by molar-refractivity contribution is 0.279. The van der Waals surface area contributed by atoms with E-state index in [1.54, 1.807) is 0 Å². The molecule has 2 nitrogen and oxygen atoms in total. The molecule has 0 saturated carbocycles. The topological polar surface area (TPSA) is 46.2 Å². The van der Waals surface area contributed by atoms with Crippen LogP contribution in [0, 0.1) is 0 Å². The number of nitrogens with two attached hydrogens (primary N) is 1. The third-order valence-corrected chi connectivity index (χ3v) is 4.84. The van der Waals surface area contributed by atoms with Gasteiger partial charge in [0.05, 0.1) is 6.61 Å². The van der Waals surface area contributed by atoms with E-state index in [1.807, 2.05) is 18.2 Å². The number of hydrogen-bond donors (Lipinski definition) is 3. The molecule has 1 aromatic carbocycles. The number of aliphatic hydroxyl groups excluding tert-OH is 1. The van der Waals surface area contributed by atoms with Gasteiger partial charge in [0.1, 0.15) is 0 Å². The van der Waals surface area contributed by atoms with Crippen molar-refractivity contribution in [2.24, 2.45) is 5.73 Å². The average molecular weight is 221 g/mol. The maximum absolute atomic E-state index is 9.27. The zero-order valence-electron chi connectivity index (χ0n) is 8.43. The molecule has 0 fully saturated rings. The largest absolute Gasteiger partial charge is 0.392 e. The second-order valence-electron chi connectivity index (χ2n) is 3.36. The monoisotopic (exact) mass is 221 g/mol. The summed E-state index contributed by atoms with van der Waals surface area (Å²) in [6, 6.07) is 8.02. The van der Waals surface area contributed by atoms with Gasteiger partial charge in [-0.25, -0.2) is 0 Å². The molecule has 15 heavy (non-hydrogen) atoms. The van der Waals surface area contributed by atoms with E-state index in [1.165, 1.54) is 9.80 Å². The van der Waals surface area contributed by atoms with Gasteiger partial charge in [0.2, 0.25) is 0 Å². The minimum Gasteiger partial charge on any atom is -0.392 e. The predicted molar refractivity (Wildman–Crippen MR) is 65.9 cm³/mol. The first-order chi connectivity index (χ1) is 7.36. The summed E-state index contributed by atoms with van der Waals surface area (Å²) in [5, 5.41) is 11.5. The number of allylic oxidation sites excluding steroid dienone is 2. The van der Waals surface area contributed by atoms with Crippen LogP contribution in [0.15, 0.2) is 51.6 Å². The van der Waals surface area contributed by atoms with Crippen LogP contribution in [0.5, 0.6) is 0 Å². The Morgan fingerprint density at radius 2 is 2.07 bits per heavy atom. The van der Waals surface area contributed by atoms with E-state index < -0.39 is 10.9 Å². The zero-order valence-corrected chi connectivity index (χ0v) is 9.32. The molecule has 2 rings (SSSR count). The van der Waals surface area contributed by atoms with Gasteiger partial charge in [-0.15, -0.1) is 0 Å². The van der Waals surface area contributed by atoms with Crippen LogP contribution in [0.2, 0.25) is 0 Å². The quantitative estimate of drug-likeness (QED) is 0.683. The molecule has 1 unspecified atom stereocenters. The zero-order chi connectivity index (χ0) is 10.7. The highest BCUT2D eigenvalue weighted by molar-refractivity contribution is 8.23. The second-order valence-corrected chi connectivity index (χ2v) is 5.45. The average Bonchev–Trinajstić information content (AvgIpc) is 2.76. The van der Waals surface area contributed by atoms with E-state index in [4.69, 9.17) is 5.73 Å². The Balaban J connectivity index is 2.37. The summed E-state index contributed by atoms with van der Waals surface area (Å²) in [4.78, 5) is 2.49. The molecule has 80 valence electrons. The van der Waals surface area contributed by atoms with Gasteiger partial charge in [0.25, 0.3) is 0 Å². The maximum atomic E-state index is 9.27. The Morgan fingerprint density at radius 3 is 2.80 bits per heavy atom. The molecule has 0 amide bonds. The summed E-state index contributed by atoms with van der Waals surface area (Å²) in [7, 11) is -0.435. The fraction of sp³-hybridized carbons (Fsp3) is 0.167. The van der Waals surface area contributed by atoms with Crippen molar-refractivity contribution in [3.8, 4) is 0 Å². The van der Waals surface area contributed by atoms with Gasteiger partial charge in [-0.2, -0.15) is 10.9 Å². The smallest absolute Gasteiger partial charge is 0.0692 e. The van der Waals surface area contributed by atoms with E-state index >= 15 is 0 Å². The number of aliphatic hydroxyl groups is 1. The Kier molecular flexibility index (Phi) is 3.26. The molecule has 0 bridgehead atoms. The molecule has 1 aromatic rings. The van der Waals surface area contributed by atoms with Gasteiger partial charge >= 0.3 is 0 Å². The first kappa shape index (κ1) is 10.5.